The number of hydrogen-bond donors (Lipinski definition) is 1. The molecule has 2 nitrogen and oxygen atoms in total. The molecule has 20 heavy (non-hydrogen) atoms. The van der Waals surface area contributed by atoms with E-state index in [0.717, 1.165) is 26.5 Å². The molecule has 0 aliphatic carbocycles. The predicted molar refractivity (Wildman–Crippen MR) is 84.6 cm³/mol. The van der Waals surface area contributed by atoms with Crippen molar-refractivity contribution in [2.24, 2.45) is 0 Å². The van der Waals surface area contributed by atoms with Crippen LogP contribution in [0.5, 0.6) is 0 Å². The van der Waals surface area contributed by atoms with Gasteiger partial charge in [0, 0.05) is 21.6 Å². The van der Waals surface area contributed by atoms with Crippen LogP contribution in [0.2, 0.25) is 0 Å². The van der Waals surface area contributed by atoms with Gasteiger partial charge in [-0.3, -0.25) is 4.98 Å². The number of halogens is 1. The summed E-state index contributed by atoms with van der Waals surface area (Å²) in [5.41, 5.74) is 1.49. The molecule has 3 rings (SSSR count). The van der Waals surface area contributed by atoms with E-state index in [1.807, 2.05) is 54.6 Å². The minimum atomic E-state index is -1.07. The van der Waals surface area contributed by atoms with E-state index in [-0.39, 0.29) is 0 Å². The summed E-state index contributed by atoms with van der Waals surface area (Å²) in [6.07, 6.45) is 1.74. The molecule has 3 heteroatoms. The summed E-state index contributed by atoms with van der Waals surface area (Å²) in [6.45, 7) is 1.79. The smallest absolute Gasteiger partial charge is 0.113 e. The summed E-state index contributed by atoms with van der Waals surface area (Å²) in [5.74, 6) is 0. The lowest BCUT2D eigenvalue weighted by Crippen LogP contribution is -2.22. The number of aliphatic hydroxyl groups is 1. The first-order chi connectivity index (χ1) is 9.57. The molecule has 1 heterocycles. The molecule has 0 aliphatic rings. The number of para-hydroxylation sites is 1. The van der Waals surface area contributed by atoms with Crippen LogP contribution in [0.3, 0.4) is 0 Å². The molecule has 0 radical (unpaired) electrons. The second kappa shape index (κ2) is 5.00. The molecular weight excluding hydrogens is 314 g/mol. The number of rotatable bonds is 2. The van der Waals surface area contributed by atoms with E-state index in [1.165, 1.54) is 0 Å². The molecule has 1 N–H and O–H groups in total. The van der Waals surface area contributed by atoms with E-state index < -0.39 is 5.60 Å². The van der Waals surface area contributed by atoms with Crippen LogP contribution in [0.1, 0.15) is 18.1 Å². The van der Waals surface area contributed by atoms with Gasteiger partial charge in [0.15, 0.2) is 0 Å². The topological polar surface area (TPSA) is 33.1 Å². The summed E-state index contributed by atoms with van der Waals surface area (Å²) < 4.78 is 0.948. The first-order valence-corrected chi connectivity index (χ1v) is 7.20. The highest BCUT2D eigenvalue weighted by Gasteiger charge is 2.26. The van der Waals surface area contributed by atoms with Gasteiger partial charge in [-0.05, 0) is 36.8 Å². The van der Waals surface area contributed by atoms with Crippen molar-refractivity contribution >= 4 is 26.8 Å². The van der Waals surface area contributed by atoms with Crippen LogP contribution in [-0.2, 0) is 5.60 Å². The molecule has 2 aromatic carbocycles. The lowest BCUT2D eigenvalue weighted by molar-refractivity contribution is 0.102. The number of nitrogens with zero attached hydrogens (tertiary/aromatic N) is 1. The van der Waals surface area contributed by atoms with Crippen molar-refractivity contribution in [1.82, 2.24) is 4.98 Å². The molecule has 100 valence electrons. The van der Waals surface area contributed by atoms with Gasteiger partial charge in [0.25, 0.3) is 0 Å². The Balaban J connectivity index is 2.13. The van der Waals surface area contributed by atoms with Gasteiger partial charge in [-0.2, -0.15) is 0 Å². The second-order valence-electron chi connectivity index (χ2n) is 5.00. The van der Waals surface area contributed by atoms with Crippen molar-refractivity contribution in [3.05, 3.63) is 76.4 Å². The van der Waals surface area contributed by atoms with Gasteiger partial charge in [0.05, 0.1) is 5.52 Å². The zero-order chi connectivity index (χ0) is 14.2. The lowest BCUT2D eigenvalue weighted by Gasteiger charge is -2.24. The first kappa shape index (κ1) is 13.3. The largest absolute Gasteiger partial charge is 0.381 e. The van der Waals surface area contributed by atoms with Gasteiger partial charge in [0.1, 0.15) is 5.60 Å². The highest BCUT2D eigenvalue weighted by atomic mass is 79.9. The van der Waals surface area contributed by atoms with E-state index in [2.05, 4.69) is 20.9 Å². The van der Waals surface area contributed by atoms with Gasteiger partial charge >= 0.3 is 0 Å². The quantitative estimate of drug-likeness (QED) is 0.763. The number of aromatic nitrogens is 1. The molecule has 0 saturated carbocycles. The van der Waals surface area contributed by atoms with Crippen molar-refractivity contribution in [3.63, 3.8) is 0 Å². The molecule has 1 unspecified atom stereocenters. The summed E-state index contributed by atoms with van der Waals surface area (Å²) in [7, 11) is 0. The van der Waals surface area contributed by atoms with Gasteiger partial charge in [-0.1, -0.05) is 46.3 Å². The van der Waals surface area contributed by atoms with E-state index in [4.69, 9.17) is 0 Å². The molecule has 1 atom stereocenters. The highest BCUT2D eigenvalue weighted by molar-refractivity contribution is 9.10. The van der Waals surface area contributed by atoms with Crippen molar-refractivity contribution < 1.29 is 5.11 Å². The molecule has 0 aliphatic heterocycles. The fourth-order valence-electron chi connectivity index (χ4n) is 2.30. The minimum absolute atomic E-state index is 0.786. The van der Waals surface area contributed by atoms with Crippen molar-refractivity contribution in [2.75, 3.05) is 0 Å². The number of fused-ring (bicyclic) bond motifs is 1. The number of hydrogen-bond acceptors (Lipinski definition) is 2. The Morgan fingerprint density at radius 3 is 2.60 bits per heavy atom. The Morgan fingerprint density at radius 2 is 1.80 bits per heavy atom. The van der Waals surface area contributed by atoms with E-state index in [9.17, 15) is 5.11 Å². The van der Waals surface area contributed by atoms with Gasteiger partial charge in [-0.15, -0.1) is 0 Å². The van der Waals surface area contributed by atoms with Crippen LogP contribution in [-0.4, -0.2) is 10.1 Å². The zero-order valence-corrected chi connectivity index (χ0v) is 12.6. The summed E-state index contributed by atoms with van der Waals surface area (Å²) >= 11 is 3.44. The fraction of sp³-hybridized carbons (Fsp3) is 0.118. The van der Waals surface area contributed by atoms with E-state index in [0.29, 0.717) is 0 Å². The Bertz CT molecular complexity index is 768. The Morgan fingerprint density at radius 1 is 1.00 bits per heavy atom. The van der Waals surface area contributed by atoms with Crippen molar-refractivity contribution in [1.29, 1.82) is 0 Å². The van der Waals surface area contributed by atoms with Crippen LogP contribution in [0.25, 0.3) is 10.9 Å². The van der Waals surface area contributed by atoms with Gasteiger partial charge in [-0.25, -0.2) is 0 Å². The standard InChI is InChI=1S/C17H14BrNO/c1-17(20,13-6-4-7-15(18)10-13)14-9-12-5-2-3-8-16(12)19-11-14/h2-11,20H,1H3. The number of benzene rings is 2. The molecule has 0 fully saturated rings. The third-order valence-corrected chi connectivity index (χ3v) is 4.03. The maximum atomic E-state index is 10.9. The zero-order valence-electron chi connectivity index (χ0n) is 11.0. The van der Waals surface area contributed by atoms with Crippen LogP contribution < -0.4 is 0 Å². The molecule has 3 aromatic rings. The van der Waals surface area contributed by atoms with Gasteiger partial charge in [0.2, 0.25) is 0 Å². The second-order valence-corrected chi connectivity index (χ2v) is 5.91. The maximum absolute atomic E-state index is 10.9. The molecule has 0 saturated heterocycles. The summed E-state index contributed by atoms with van der Waals surface area (Å²) in [4.78, 5) is 4.42. The van der Waals surface area contributed by atoms with E-state index in [1.54, 1.807) is 13.1 Å². The van der Waals surface area contributed by atoms with Crippen LogP contribution >= 0.6 is 15.9 Å². The Hall–Kier alpha value is -1.71. The Kier molecular flexibility index (Phi) is 3.32. The lowest BCUT2D eigenvalue weighted by atomic mass is 9.89. The molecule has 1 aromatic heterocycles. The monoisotopic (exact) mass is 327 g/mol. The van der Waals surface area contributed by atoms with Crippen molar-refractivity contribution in [3.8, 4) is 0 Å². The third kappa shape index (κ3) is 2.35. The van der Waals surface area contributed by atoms with Crippen molar-refractivity contribution in [2.45, 2.75) is 12.5 Å². The van der Waals surface area contributed by atoms with Crippen LogP contribution in [0.15, 0.2) is 65.3 Å². The third-order valence-electron chi connectivity index (χ3n) is 3.54. The normalized spacial score (nSPS) is 14.2. The molecule has 0 spiro atoms. The predicted octanol–water partition coefficient (Wildman–Crippen LogP) is 4.25. The molecular formula is C17H14BrNO. The maximum Gasteiger partial charge on any atom is 0.113 e. The highest BCUT2D eigenvalue weighted by Crippen LogP contribution is 2.31. The minimum Gasteiger partial charge on any atom is -0.381 e. The summed E-state index contributed by atoms with van der Waals surface area (Å²) in [5, 5.41) is 11.9. The first-order valence-electron chi connectivity index (χ1n) is 6.41. The van der Waals surface area contributed by atoms with Crippen LogP contribution in [0, 0.1) is 0 Å². The van der Waals surface area contributed by atoms with Gasteiger partial charge < -0.3 is 5.11 Å². The summed E-state index contributed by atoms with van der Waals surface area (Å²) in [6, 6.07) is 17.6. The number of pyridine rings is 1. The average Bonchev–Trinajstić information content (AvgIpc) is 2.46. The average molecular weight is 328 g/mol. The van der Waals surface area contributed by atoms with Crippen LogP contribution in [0.4, 0.5) is 0 Å². The molecule has 0 bridgehead atoms. The SMILES string of the molecule is CC(O)(c1cccc(Br)c1)c1cnc2ccccc2c1. The molecule has 0 amide bonds. The Labute approximate surface area is 126 Å². The fourth-order valence-corrected chi connectivity index (χ4v) is 2.69. The van der Waals surface area contributed by atoms with E-state index >= 15 is 0 Å².